The molecular weight excluding hydrogens is 412 g/mol. The molecule has 26 heavy (non-hydrogen) atoms. The van der Waals surface area contributed by atoms with Crippen molar-refractivity contribution in [2.45, 2.75) is 17.9 Å². The molecule has 1 unspecified atom stereocenters. The number of hydrogen-bond donors (Lipinski definition) is 1. The lowest BCUT2D eigenvalue weighted by Crippen LogP contribution is -2.29. The van der Waals surface area contributed by atoms with Crippen LogP contribution in [0.15, 0.2) is 41.3 Å². The van der Waals surface area contributed by atoms with Crippen molar-refractivity contribution in [2.75, 3.05) is 5.75 Å². The van der Waals surface area contributed by atoms with E-state index < -0.39 is 15.9 Å². The van der Waals surface area contributed by atoms with Crippen molar-refractivity contribution in [3.63, 3.8) is 0 Å². The second-order valence-electron chi connectivity index (χ2n) is 5.88. The molecule has 4 rings (SSSR count). The Morgan fingerprint density at radius 3 is 2.73 bits per heavy atom. The van der Waals surface area contributed by atoms with E-state index in [9.17, 15) is 13.2 Å². The molecule has 1 aromatic carbocycles. The number of amides is 1. The van der Waals surface area contributed by atoms with E-state index in [1.807, 2.05) is 6.07 Å². The minimum atomic E-state index is -3.37. The number of nitrogens with one attached hydrogen (secondary N) is 1. The highest BCUT2D eigenvalue weighted by atomic mass is 35.5. The van der Waals surface area contributed by atoms with Gasteiger partial charge in [-0.2, -0.15) is 0 Å². The smallest absolute Gasteiger partial charge is 0.263 e. The molecule has 1 aliphatic rings. The molecule has 0 saturated heterocycles. The van der Waals surface area contributed by atoms with Gasteiger partial charge in [-0.1, -0.05) is 29.8 Å². The first kappa shape index (κ1) is 17.7. The number of thiazole rings is 1. The third-order valence-corrected chi connectivity index (χ3v) is 8.48. The van der Waals surface area contributed by atoms with Gasteiger partial charge in [-0.05, 0) is 30.7 Å². The van der Waals surface area contributed by atoms with Crippen LogP contribution in [-0.4, -0.2) is 25.1 Å². The van der Waals surface area contributed by atoms with Crippen molar-refractivity contribution < 1.29 is 13.2 Å². The van der Waals surface area contributed by atoms with Gasteiger partial charge in [-0.3, -0.25) is 4.79 Å². The molecule has 0 bridgehead atoms. The fraction of sp³-hybridized carbons (Fsp3) is 0.176. The lowest BCUT2D eigenvalue weighted by molar-refractivity contribution is 0.0944. The zero-order chi connectivity index (χ0) is 18.5. The van der Waals surface area contributed by atoms with Crippen LogP contribution in [0, 0.1) is 6.92 Å². The van der Waals surface area contributed by atoms with E-state index >= 15 is 0 Å². The molecule has 1 N–H and O–H groups in total. The first-order valence-corrected chi connectivity index (χ1v) is 11.4. The van der Waals surface area contributed by atoms with Crippen LogP contribution in [0.1, 0.15) is 27.0 Å². The third kappa shape index (κ3) is 3.07. The minimum absolute atomic E-state index is 0.122. The molecular formula is C17H13ClN2O3S3. The number of halogens is 1. The maximum atomic E-state index is 12.7. The number of rotatable bonds is 3. The fourth-order valence-corrected chi connectivity index (χ4v) is 6.74. The van der Waals surface area contributed by atoms with Gasteiger partial charge >= 0.3 is 0 Å². The number of carbonyl (C=O) groups excluding carboxylic acids is 1. The predicted molar refractivity (Wildman–Crippen MR) is 104 cm³/mol. The number of fused-ring (bicyclic) bond motifs is 1. The molecule has 2 aromatic heterocycles. The maximum Gasteiger partial charge on any atom is 0.263 e. The molecule has 0 aliphatic carbocycles. The number of hydrogen-bond acceptors (Lipinski definition) is 6. The van der Waals surface area contributed by atoms with Crippen molar-refractivity contribution in [1.82, 2.24) is 10.3 Å². The van der Waals surface area contributed by atoms with Crippen molar-refractivity contribution in [3.05, 3.63) is 56.9 Å². The van der Waals surface area contributed by atoms with E-state index in [0.29, 0.717) is 25.4 Å². The molecule has 5 nitrogen and oxygen atoms in total. The number of nitrogens with zero attached hydrogens (tertiary/aromatic N) is 1. The van der Waals surface area contributed by atoms with Crippen LogP contribution in [0.25, 0.3) is 9.88 Å². The first-order valence-electron chi connectivity index (χ1n) is 7.71. The summed E-state index contributed by atoms with van der Waals surface area (Å²) in [6.07, 6.45) is 0. The molecule has 1 atom stereocenters. The SMILES string of the molecule is Cc1nc(-c2ccc(Cl)s2)sc1C(=O)NC1CS(=O)(=O)c2ccccc21. The van der Waals surface area contributed by atoms with Crippen molar-refractivity contribution in [2.24, 2.45) is 0 Å². The van der Waals surface area contributed by atoms with Gasteiger partial charge in [0.25, 0.3) is 5.91 Å². The van der Waals surface area contributed by atoms with Crippen LogP contribution >= 0.6 is 34.3 Å². The molecule has 0 fully saturated rings. The number of carbonyl (C=O) groups is 1. The Kier molecular flexibility index (Phi) is 4.38. The van der Waals surface area contributed by atoms with Crippen molar-refractivity contribution >= 4 is 50.0 Å². The minimum Gasteiger partial charge on any atom is -0.343 e. The lowest BCUT2D eigenvalue weighted by atomic mass is 10.1. The standard InChI is InChI=1S/C17H13ClN2O3S3/c1-9-15(25-17(19-9)12-6-7-14(18)24-12)16(21)20-11-8-26(22,23)13-5-3-2-4-10(11)13/h2-7,11H,8H2,1H3,(H,20,21). The largest absolute Gasteiger partial charge is 0.343 e. The molecule has 3 heterocycles. The van der Waals surface area contributed by atoms with Crippen molar-refractivity contribution in [3.8, 4) is 9.88 Å². The maximum absolute atomic E-state index is 12.7. The Bertz CT molecular complexity index is 1120. The van der Waals surface area contributed by atoms with Gasteiger partial charge in [-0.15, -0.1) is 22.7 Å². The molecule has 0 radical (unpaired) electrons. The molecule has 0 spiro atoms. The Morgan fingerprint density at radius 2 is 2.00 bits per heavy atom. The monoisotopic (exact) mass is 424 g/mol. The van der Waals surface area contributed by atoms with Crippen LogP contribution in [0.5, 0.6) is 0 Å². The van der Waals surface area contributed by atoms with Crippen LogP contribution in [0.3, 0.4) is 0 Å². The summed E-state index contributed by atoms with van der Waals surface area (Å²) in [5, 5.41) is 3.57. The van der Waals surface area contributed by atoms with Gasteiger partial charge in [0.2, 0.25) is 0 Å². The number of benzene rings is 1. The molecule has 9 heteroatoms. The van der Waals surface area contributed by atoms with Crippen molar-refractivity contribution in [1.29, 1.82) is 0 Å². The molecule has 3 aromatic rings. The van der Waals surface area contributed by atoms with E-state index in [1.54, 1.807) is 37.3 Å². The number of sulfone groups is 1. The second-order valence-corrected chi connectivity index (χ2v) is 10.6. The number of thiophene rings is 1. The average Bonchev–Trinajstić information content (AvgIpc) is 3.25. The van der Waals surface area contributed by atoms with Gasteiger partial charge in [0, 0.05) is 0 Å². The van der Waals surface area contributed by atoms with Gasteiger partial charge in [0.1, 0.15) is 9.88 Å². The van der Waals surface area contributed by atoms with Crippen LogP contribution in [-0.2, 0) is 9.84 Å². The Labute approximate surface area is 163 Å². The summed E-state index contributed by atoms with van der Waals surface area (Å²) in [6.45, 7) is 1.77. The van der Waals surface area contributed by atoms with E-state index in [4.69, 9.17) is 11.6 Å². The molecule has 134 valence electrons. The van der Waals surface area contributed by atoms with Gasteiger partial charge < -0.3 is 5.32 Å². The summed E-state index contributed by atoms with van der Waals surface area (Å²) >= 11 is 8.64. The highest BCUT2D eigenvalue weighted by molar-refractivity contribution is 7.91. The van der Waals surface area contributed by atoms with Gasteiger partial charge in [0.15, 0.2) is 9.84 Å². The van der Waals surface area contributed by atoms with Gasteiger partial charge in [0.05, 0.1) is 31.6 Å². The summed E-state index contributed by atoms with van der Waals surface area (Å²) in [7, 11) is -3.37. The quantitative estimate of drug-likeness (QED) is 0.686. The average molecular weight is 425 g/mol. The Hall–Kier alpha value is -1.74. The molecule has 1 aliphatic heterocycles. The van der Waals surface area contributed by atoms with Crippen LogP contribution in [0.4, 0.5) is 0 Å². The Morgan fingerprint density at radius 1 is 1.23 bits per heavy atom. The van der Waals surface area contributed by atoms with Crippen LogP contribution in [0.2, 0.25) is 4.34 Å². The van der Waals surface area contributed by atoms with Gasteiger partial charge in [-0.25, -0.2) is 13.4 Å². The summed E-state index contributed by atoms with van der Waals surface area (Å²) in [5.74, 6) is -0.436. The summed E-state index contributed by atoms with van der Waals surface area (Å²) in [5.41, 5.74) is 1.24. The van der Waals surface area contributed by atoms with Crippen LogP contribution < -0.4 is 5.32 Å². The number of aryl methyl sites for hydroxylation is 1. The summed E-state index contributed by atoms with van der Waals surface area (Å²) < 4.78 is 25.2. The third-order valence-electron chi connectivity index (χ3n) is 4.11. The molecule has 0 saturated carbocycles. The van der Waals surface area contributed by atoms with E-state index in [-0.39, 0.29) is 11.7 Å². The van der Waals surface area contributed by atoms with E-state index in [1.165, 1.54) is 22.7 Å². The second kappa shape index (κ2) is 6.45. The summed E-state index contributed by atoms with van der Waals surface area (Å²) in [6, 6.07) is 9.88. The lowest BCUT2D eigenvalue weighted by Gasteiger charge is -2.12. The highest BCUT2D eigenvalue weighted by Crippen LogP contribution is 2.36. The zero-order valence-electron chi connectivity index (χ0n) is 13.5. The predicted octanol–water partition coefficient (Wildman–Crippen LogP) is 4.09. The van der Waals surface area contributed by atoms with E-state index in [0.717, 1.165) is 9.88 Å². The normalized spacial score (nSPS) is 17.8. The Balaban J connectivity index is 1.61. The zero-order valence-corrected chi connectivity index (χ0v) is 16.7. The fourth-order valence-electron chi connectivity index (χ4n) is 2.94. The highest BCUT2D eigenvalue weighted by Gasteiger charge is 2.35. The molecule has 1 amide bonds. The summed E-state index contributed by atoms with van der Waals surface area (Å²) in [4.78, 5) is 18.9. The number of aromatic nitrogens is 1. The topological polar surface area (TPSA) is 76.1 Å². The van der Waals surface area contributed by atoms with E-state index in [2.05, 4.69) is 10.3 Å². The first-order chi connectivity index (χ1) is 12.3.